The minimum Gasteiger partial charge on any atom is -0.362 e. The third-order valence-corrected chi connectivity index (χ3v) is 3.10. The molecule has 0 unspecified atom stereocenters. The Kier molecular flexibility index (Phi) is 4.97. The molecule has 3 rings (SSSR count). The van der Waals surface area contributed by atoms with E-state index in [2.05, 4.69) is 20.6 Å². The minimum absolute atomic E-state index is 0.0658. The Hall–Kier alpha value is -3.00. The first-order valence-corrected chi connectivity index (χ1v) is 7.35. The molecular formula is C16H16N4O4. The molecule has 0 aliphatic heterocycles. The van der Waals surface area contributed by atoms with Gasteiger partial charge in [0.25, 0.3) is 5.89 Å². The molecule has 2 aromatic heterocycles. The molecule has 0 bridgehead atoms. The lowest BCUT2D eigenvalue weighted by molar-refractivity contribution is -0.126. The number of hydrogen-bond donors (Lipinski definition) is 1. The van der Waals surface area contributed by atoms with Crippen LogP contribution in [0.4, 0.5) is 0 Å². The van der Waals surface area contributed by atoms with Crippen molar-refractivity contribution in [2.75, 3.05) is 6.61 Å². The van der Waals surface area contributed by atoms with E-state index in [-0.39, 0.29) is 25.7 Å². The molecule has 0 saturated carbocycles. The zero-order chi connectivity index (χ0) is 16.8. The van der Waals surface area contributed by atoms with E-state index < -0.39 is 0 Å². The molecule has 0 aliphatic rings. The van der Waals surface area contributed by atoms with Gasteiger partial charge in [0.15, 0.2) is 0 Å². The van der Waals surface area contributed by atoms with Crippen LogP contribution < -0.4 is 5.32 Å². The summed E-state index contributed by atoms with van der Waals surface area (Å²) < 4.78 is 15.3. The third-order valence-electron chi connectivity index (χ3n) is 3.10. The Bertz CT molecular complexity index is 797. The Labute approximate surface area is 137 Å². The Morgan fingerprint density at radius 2 is 2.04 bits per heavy atom. The van der Waals surface area contributed by atoms with Crippen molar-refractivity contribution in [2.24, 2.45) is 0 Å². The summed E-state index contributed by atoms with van der Waals surface area (Å²) in [5.41, 5.74) is 1.51. The third kappa shape index (κ3) is 4.26. The van der Waals surface area contributed by atoms with Crippen LogP contribution in [0.5, 0.6) is 0 Å². The van der Waals surface area contributed by atoms with Gasteiger partial charge in [-0.2, -0.15) is 4.98 Å². The highest BCUT2D eigenvalue weighted by molar-refractivity contribution is 5.77. The molecule has 3 aromatic rings. The van der Waals surface area contributed by atoms with Crippen LogP contribution in [-0.2, 0) is 22.7 Å². The number of aryl methyl sites for hydroxylation is 1. The zero-order valence-electron chi connectivity index (χ0n) is 13.1. The average molecular weight is 328 g/mol. The molecule has 0 spiro atoms. The number of ether oxygens (including phenoxy) is 1. The van der Waals surface area contributed by atoms with Gasteiger partial charge in [-0.15, -0.1) is 0 Å². The normalized spacial score (nSPS) is 10.7. The van der Waals surface area contributed by atoms with E-state index in [1.54, 1.807) is 13.0 Å². The Balaban J connectivity index is 1.41. The van der Waals surface area contributed by atoms with Crippen LogP contribution in [0.3, 0.4) is 0 Å². The van der Waals surface area contributed by atoms with E-state index in [1.807, 2.05) is 30.3 Å². The number of nitrogens with zero attached hydrogens (tertiary/aromatic N) is 3. The molecular weight excluding hydrogens is 312 g/mol. The molecule has 124 valence electrons. The molecule has 1 N–H and O–H groups in total. The maximum atomic E-state index is 11.7. The van der Waals surface area contributed by atoms with Crippen LogP contribution in [-0.4, -0.2) is 27.8 Å². The Morgan fingerprint density at radius 3 is 2.79 bits per heavy atom. The van der Waals surface area contributed by atoms with Crippen molar-refractivity contribution >= 4 is 5.91 Å². The maximum absolute atomic E-state index is 11.7. The van der Waals surface area contributed by atoms with Gasteiger partial charge in [0, 0.05) is 11.6 Å². The molecule has 24 heavy (non-hydrogen) atoms. The summed E-state index contributed by atoms with van der Waals surface area (Å²) in [4.78, 5) is 15.9. The van der Waals surface area contributed by atoms with Crippen LogP contribution >= 0.6 is 0 Å². The second kappa shape index (κ2) is 7.51. The number of amides is 1. The summed E-state index contributed by atoms with van der Waals surface area (Å²) in [6, 6.07) is 11.2. The quantitative estimate of drug-likeness (QED) is 0.706. The number of carbonyl (C=O) groups excluding carboxylic acids is 1. The number of rotatable bonds is 7. The average Bonchev–Trinajstić information content (AvgIpc) is 3.23. The van der Waals surface area contributed by atoms with E-state index in [4.69, 9.17) is 13.8 Å². The number of hydrogen-bond acceptors (Lipinski definition) is 7. The molecule has 0 radical (unpaired) electrons. The molecule has 1 aromatic carbocycles. The molecule has 2 heterocycles. The summed E-state index contributed by atoms with van der Waals surface area (Å²) in [5.74, 6) is 1.23. The van der Waals surface area contributed by atoms with E-state index >= 15 is 0 Å². The lowest BCUT2D eigenvalue weighted by Gasteiger charge is -2.02. The summed E-state index contributed by atoms with van der Waals surface area (Å²) >= 11 is 0. The monoisotopic (exact) mass is 328 g/mol. The molecule has 1 amide bonds. The van der Waals surface area contributed by atoms with Crippen molar-refractivity contribution in [1.29, 1.82) is 0 Å². The highest BCUT2D eigenvalue weighted by atomic mass is 16.5. The van der Waals surface area contributed by atoms with Crippen molar-refractivity contribution in [3.05, 3.63) is 53.7 Å². The fraction of sp³-hybridized carbons (Fsp3) is 0.250. The SMILES string of the molecule is Cc1cc(CNC(=O)COCc2nc(-c3ccccc3)no2)no1. The molecule has 8 nitrogen and oxygen atoms in total. The first-order chi connectivity index (χ1) is 11.7. The lowest BCUT2D eigenvalue weighted by atomic mass is 10.2. The van der Waals surface area contributed by atoms with E-state index in [9.17, 15) is 4.79 Å². The van der Waals surface area contributed by atoms with Crippen molar-refractivity contribution < 1.29 is 18.6 Å². The molecule has 0 atom stereocenters. The van der Waals surface area contributed by atoms with E-state index in [1.165, 1.54) is 0 Å². The van der Waals surface area contributed by atoms with Crippen molar-refractivity contribution in [3.8, 4) is 11.4 Å². The van der Waals surface area contributed by atoms with Crippen molar-refractivity contribution in [3.63, 3.8) is 0 Å². The van der Waals surface area contributed by atoms with Gasteiger partial charge in [-0.25, -0.2) is 0 Å². The first kappa shape index (κ1) is 15.9. The highest BCUT2D eigenvalue weighted by Gasteiger charge is 2.10. The Morgan fingerprint density at radius 1 is 1.21 bits per heavy atom. The number of nitrogens with one attached hydrogen (secondary N) is 1. The number of benzene rings is 1. The summed E-state index contributed by atoms with van der Waals surface area (Å²) in [5, 5.41) is 10.3. The van der Waals surface area contributed by atoms with Crippen LogP contribution in [0, 0.1) is 6.92 Å². The van der Waals surface area contributed by atoms with Crippen LogP contribution in [0.25, 0.3) is 11.4 Å². The molecule has 8 heteroatoms. The predicted molar refractivity (Wildman–Crippen MR) is 82.5 cm³/mol. The maximum Gasteiger partial charge on any atom is 0.252 e. The predicted octanol–water partition coefficient (Wildman–Crippen LogP) is 1.87. The second-order valence-electron chi connectivity index (χ2n) is 5.08. The fourth-order valence-electron chi connectivity index (χ4n) is 1.99. The smallest absolute Gasteiger partial charge is 0.252 e. The van der Waals surface area contributed by atoms with Gasteiger partial charge in [-0.05, 0) is 6.92 Å². The van der Waals surface area contributed by atoms with Gasteiger partial charge in [0.1, 0.15) is 24.7 Å². The lowest BCUT2D eigenvalue weighted by Crippen LogP contribution is -2.27. The highest BCUT2D eigenvalue weighted by Crippen LogP contribution is 2.14. The van der Waals surface area contributed by atoms with Gasteiger partial charge in [-0.3, -0.25) is 4.79 Å². The summed E-state index contributed by atoms with van der Waals surface area (Å²) in [7, 11) is 0. The minimum atomic E-state index is -0.265. The van der Waals surface area contributed by atoms with Crippen molar-refractivity contribution in [1.82, 2.24) is 20.6 Å². The van der Waals surface area contributed by atoms with Gasteiger partial charge < -0.3 is 19.1 Å². The van der Waals surface area contributed by atoms with Gasteiger partial charge >= 0.3 is 0 Å². The van der Waals surface area contributed by atoms with Crippen molar-refractivity contribution in [2.45, 2.75) is 20.1 Å². The molecule has 0 aliphatic carbocycles. The topological polar surface area (TPSA) is 103 Å². The molecule has 0 fully saturated rings. The summed E-state index contributed by atoms with van der Waals surface area (Å²) in [6.07, 6.45) is 0. The van der Waals surface area contributed by atoms with Gasteiger partial charge in [-0.1, -0.05) is 40.6 Å². The second-order valence-corrected chi connectivity index (χ2v) is 5.08. The van der Waals surface area contributed by atoms with Crippen LogP contribution in [0.2, 0.25) is 0 Å². The van der Waals surface area contributed by atoms with Gasteiger partial charge in [0.2, 0.25) is 11.7 Å². The van der Waals surface area contributed by atoms with E-state index in [0.29, 0.717) is 23.2 Å². The number of carbonyl (C=O) groups is 1. The number of aromatic nitrogens is 3. The molecule has 0 saturated heterocycles. The van der Waals surface area contributed by atoms with E-state index in [0.717, 1.165) is 5.56 Å². The van der Waals surface area contributed by atoms with Crippen LogP contribution in [0.1, 0.15) is 17.3 Å². The zero-order valence-corrected chi connectivity index (χ0v) is 13.1. The largest absolute Gasteiger partial charge is 0.362 e. The van der Waals surface area contributed by atoms with Gasteiger partial charge in [0.05, 0.1) is 6.54 Å². The standard InChI is InChI=1S/C16H16N4O4/c1-11-7-13(19-23-11)8-17-14(21)9-22-10-15-18-16(20-24-15)12-5-3-2-4-6-12/h2-7H,8-10H2,1H3,(H,17,21). The fourth-order valence-corrected chi connectivity index (χ4v) is 1.99. The van der Waals surface area contributed by atoms with Crippen LogP contribution in [0.15, 0.2) is 45.4 Å². The first-order valence-electron chi connectivity index (χ1n) is 7.35. The summed E-state index contributed by atoms with van der Waals surface area (Å²) in [6.45, 7) is 2.03.